The van der Waals surface area contributed by atoms with E-state index < -0.39 is 0 Å². The number of fused-ring (bicyclic) bond motifs is 3. The molecule has 0 atom stereocenters. The van der Waals surface area contributed by atoms with Crippen molar-refractivity contribution in [3.8, 4) is 0 Å². The molecule has 2 N–H and O–H groups in total. The summed E-state index contributed by atoms with van der Waals surface area (Å²) in [5, 5.41) is 2.82. The van der Waals surface area contributed by atoms with Gasteiger partial charge in [0.2, 0.25) is 0 Å². The van der Waals surface area contributed by atoms with Crippen molar-refractivity contribution in [3.63, 3.8) is 0 Å². The van der Waals surface area contributed by atoms with Gasteiger partial charge in [0.05, 0.1) is 0 Å². The zero-order valence-electron chi connectivity index (χ0n) is 11.2. The summed E-state index contributed by atoms with van der Waals surface area (Å²) in [5.74, 6) is 0. The molecule has 19 heavy (non-hydrogen) atoms. The van der Waals surface area contributed by atoms with Crippen LogP contribution in [0.25, 0.3) is 20.2 Å². The Labute approximate surface area is 123 Å². The highest BCUT2D eigenvalue weighted by atomic mass is 35.5. The highest BCUT2D eigenvalue weighted by Gasteiger charge is 2.12. The number of hydrogen-bond donors (Lipinski definition) is 1. The van der Waals surface area contributed by atoms with Gasteiger partial charge in [0.1, 0.15) is 0 Å². The number of hydrogen-bond acceptors (Lipinski definition) is 2. The Kier molecular flexibility index (Phi) is 4.14. The molecule has 100 valence electrons. The summed E-state index contributed by atoms with van der Waals surface area (Å²) < 4.78 is 2.80. The zero-order chi connectivity index (χ0) is 12.7. The second-order valence-electron chi connectivity index (χ2n) is 4.82. The van der Waals surface area contributed by atoms with Crippen molar-refractivity contribution >= 4 is 43.9 Å². The first-order chi connectivity index (χ1) is 8.72. The minimum atomic E-state index is 0. The van der Waals surface area contributed by atoms with E-state index in [1.54, 1.807) is 0 Å². The van der Waals surface area contributed by atoms with Crippen LogP contribution in [0.2, 0.25) is 0 Å². The van der Waals surface area contributed by atoms with Crippen LogP contribution < -0.4 is 5.73 Å². The van der Waals surface area contributed by atoms with Crippen LogP contribution in [0.5, 0.6) is 0 Å². The van der Waals surface area contributed by atoms with E-state index in [1.165, 1.54) is 36.9 Å². The molecule has 0 saturated heterocycles. The van der Waals surface area contributed by atoms with Gasteiger partial charge >= 0.3 is 0 Å². The van der Waals surface area contributed by atoms with Crippen molar-refractivity contribution in [2.75, 3.05) is 6.54 Å². The number of rotatable bonds is 2. The Bertz CT molecular complexity index is 730. The predicted molar refractivity (Wildman–Crippen MR) is 88.8 cm³/mol. The molecule has 1 heterocycles. The third-order valence-corrected chi connectivity index (χ3v) is 4.92. The maximum Gasteiger partial charge on any atom is 0.0387 e. The molecule has 0 aliphatic heterocycles. The van der Waals surface area contributed by atoms with E-state index in [1.807, 2.05) is 11.3 Å². The van der Waals surface area contributed by atoms with Crippen molar-refractivity contribution in [2.45, 2.75) is 20.3 Å². The van der Waals surface area contributed by atoms with Crippen LogP contribution in [-0.2, 0) is 6.42 Å². The number of halogens is 1. The van der Waals surface area contributed by atoms with E-state index in [4.69, 9.17) is 5.73 Å². The van der Waals surface area contributed by atoms with Crippen molar-refractivity contribution in [3.05, 3.63) is 47.0 Å². The van der Waals surface area contributed by atoms with Crippen LogP contribution in [0, 0.1) is 13.8 Å². The van der Waals surface area contributed by atoms with Gasteiger partial charge < -0.3 is 5.73 Å². The Morgan fingerprint density at radius 3 is 2.63 bits per heavy atom. The zero-order valence-corrected chi connectivity index (χ0v) is 12.8. The monoisotopic (exact) mass is 291 g/mol. The second kappa shape index (κ2) is 5.49. The molecular formula is C16H18ClNS. The molecule has 0 fully saturated rings. The van der Waals surface area contributed by atoms with Gasteiger partial charge in [-0.25, -0.2) is 0 Å². The molecule has 0 radical (unpaired) electrons. The molecule has 0 spiro atoms. The molecular weight excluding hydrogens is 274 g/mol. The van der Waals surface area contributed by atoms with Gasteiger partial charge in [0.15, 0.2) is 0 Å². The number of nitrogens with two attached hydrogens (primary N) is 1. The first kappa shape index (κ1) is 14.3. The molecule has 2 aromatic carbocycles. The van der Waals surface area contributed by atoms with E-state index in [-0.39, 0.29) is 12.4 Å². The lowest BCUT2D eigenvalue weighted by molar-refractivity contribution is 0.960. The van der Waals surface area contributed by atoms with Crippen molar-refractivity contribution in [2.24, 2.45) is 5.73 Å². The van der Waals surface area contributed by atoms with E-state index in [9.17, 15) is 0 Å². The van der Waals surface area contributed by atoms with Gasteiger partial charge in [0, 0.05) is 20.2 Å². The molecule has 0 aliphatic carbocycles. The normalized spacial score (nSPS) is 10.9. The molecule has 0 saturated carbocycles. The Morgan fingerprint density at radius 2 is 1.89 bits per heavy atom. The maximum absolute atomic E-state index is 5.71. The van der Waals surface area contributed by atoms with Gasteiger partial charge in [-0.2, -0.15) is 0 Å². The summed E-state index contributed by atoms with van der Waals surface area (Å²) in [5.41, 5.74) is 9.89. The molecule has 3 heteroatoms. The largest absolute Gasteiger partial charge is 0.330 e. The molecule has 3 aromatic rings. The van der Waals surface area contributed by atoms with Crippen LogP contribution in [0.4, 0.5) is 0 Å². The average Bonchev–Trinajstić information content (AvgIpc) is 2.76. The van der Waals surface area contributed by atoms with Crippen LogP contribution in [0.3, 0.4) is 0 Å². The molecule has 1 aromatic heterocycles. The van der Waals surface area contributed by atoms with Gasteiger partial charge in [-0.3, -0.25) is 0 Å². The maximum atomic E-state index is 5.71. The van der Waals surface area contributed by atoms with Gasteiger partial charge in [-0.15, -0.1) is 23.7 Å². The van der Waals surface area contributed by atoms with Crippen LogP contribution >= 0.6 is 23.7 Å². The lowest BCUT2D eigenvalue weighted by atomic mass is 9.97. The first-order valence-electron chi connectivity index (χ1n) is 6.32. The summed E-state index contributed by atoms with van der Waals surface area (Å²) in [6.07, 6.45) is 0.965. The summed E-state index contributed by atoms with van der Waals surface area (Å²) in [6.45, 7) is 5.15. The fourth-order valence-electron chi connectivity index (χ4n) is 2.71. The van der Waals surface area contributed by atoms with E-state index in [0.29, 0.717) is 6.54 Å². The van der Waals surface area contributed by atoms with Crippen molar-refractivity contribution in [1.82, 2.24) is 0 Å². The Hall–Kier alpha value is -1.09. The first-order valence-corrected chi connectivity index (χ1v) is 7.14. The van der Waals surface area contributed by atoms with E-state index in [0.717, 1.165) is 6.42 Å². The van der Waals surface area contributed by atoms with Crippen molar-refractivity contribution < 1.29 is 0 Å². The highest BCUT2D eigenvalue weighted by Crippen LogP contribution is 2.38. The van der Waals surface area contributed by atoms with E-state index in [2.05, 4.69) is 44.2 Å². The molecule has 0 aliphatic rings. The smallest absolute Gasteiger partial charge is 0.0387 e. The lowest BCUT2D eigenvalue weighted by Crippen LogP contribution is -2.04. The van der Waals surface area contributed by atoms with Crippen LogP contribution in [-0.4, -0.2) is 6.54 Å². The number of benzene rings is 2. The second-order valence-corrected chi connectivity index (χ2v) is 5.87. The number of aryl methyl sites for hydroxylation is 2. The summed E-state index contributed by atoms with van der Waals surface area (Å²) in [6, 6.07) is 11.0. The fraction of sp³-hybridized carbons (Fsp3) is 0.250. The standard InChI is InChI=1S/C16H17NS.ClH/c1-10-9-12(7-8-17)11(2)15-13-5-3-4-6-14(13)18-16(10)15;/h3-6,9H,7-8,17H2,1-2H3;1H. The lowest BCUT2D eigenvalue weighted by Gasteiger charge is -2.09. The predicted octanol–water partition coefficient (Wildman–Crippen LogP) is 4.59. The topological polar surface area (TPSA) is 26.0 Å². The van der Waals surface area contributed by atoms with Crippen molar-refractivity contribution in [1.29, 1.82) is 0 Å². The third kappa shape index (κ3) is 2.25. The Morgan fingerprint density at radius 1 is 1.16 bits per heavy atom. The van der Waals surface area contributed by atoms with Gasteiger partial charge in [-0.05, 0) is 49.6 Å². The summed E-state index contributed by atoms with van der Waals surface area (Å²) in [4.78, 5) is 0. The van der Waals surface area contributed by atoms with Crippen LogP contribution in [0.15, 0.2) is 30.3 Å². The van der Waals surface area contributed by atoms with Crippen LogP contribution in [0.1, 0.15) is 16.7 Å². The highest BCUT2D eigenvalue weighted by molar-refractivity contribution is 7.26. The average molecular weight is 292 g/mol. The number of thiophene rings is 1. The quantitative estimate of drug-likeness (QED) is 0.734. The molecule has 0 bridgehead atoms. The van der Waals surface area contributed by atoms with Gasteiger partial charge in [0.25, 0.3) is 0 Å². The summed E-state index contributed by atoms with van der Waals surface area (Å²) in [7, 11) is 0. The SMILES string of the molecule is Cc1cc(CCN)c(C)c2c1sc1ccccc12.Cl. The molecule has 0 amide bonds. The Balaban J connectivity index is 0.00000133. The third-order valence-electron chi connectivity index (χ3n) is 3.61. The molecule has 0 unspecified atom stereocenters. The fourth-order valence-corrected chi connectivity index (χ4v) is 3.94. The summed E-state index contributed by atoms with van der Waals surface area (Å²) >= 11 is 1.90. The molecule has 3 rings (SSSR count). The molecule has 1 nitrogen and oxygen atoms in total. The van der Waals surface area contributed by atoms with Gasteiger partial charge in [-0.1, -0.05) is 24.3 Å². The minimum Gasteiger partial charge on any atom is -0.330 e. The minimum absolute atomic E-state index is 0. The van der Waals surface area contributed by atoms with E-state index >= 15 is 0 Å².